The third-order valence-electron chi connectivity index (χ3n) is 2.91. The molecule has 0 amide bonds. The Kier molecular flexibility index (Phi) is 2.42. The predicted octanol–water partition coefficient (Wildman–Crippen LogP) is 2.14. The highest BCUT2D eigenvalue weighted by atomic mass is 16.5. The van der Waals surface area contributed by atoms with Crippen LogP contribution in [0.25, 0.3) is 10.9 Å². The largest absolute Gasteiger partial charge is 0.359 e. The molecule has 86 valence electrons. The second kappa shape index (κ2) is 4.07. The first-order valence-corrected chi connectivity index (χ1v) is 5.55. The standard InChI is InChI=1S/C13H13N3O/c14-8-11-3-1-2-10-5-7-16(13(10)11)9-12-4-6-15-17-12/h1-7H,8-9,14H2. The van der Waals surface area contributed by atoms with Crippen molar-refractivity contribution in [2.45, 2.75) is 13.1 Å². The molecule has 0 spiro atoms. The summed E-state index contributed by atoms with van der Waals surface area (Å²) >= 11 is 0. The minimum absolute atomic E-state index is 0.539. The molecule has 0 unspecified atom stereocenters. The summed E-state index contributed by atoms with van der Waals surface area (Å²) in [7, 11) is 0. The first-order valence-electron chi connectivity index (χ1n) is 5.55. The Morgan fingerprint density at radius 2 is 2.18 bits per heavy atom. The predicted molar refractivity (Wildman–Crippen MR) is 65.4 cm³/mol. The number of nitrogens with zero attached hydrogens (tertiary/aromatic N) is 2. The zero-order chi connectivity index (χ0) is 11.7. The van der Waals surface area contributed by atoms with Crippen molar-refractivity contribution in [2.75, 3.05) is 0 Å². The van der Waals surface area contributed by atoms with Gasteiger partial charge in [-0.05, 0) is 17.0 Å². The molecule has 1 aromatic carbocycles. The molecule has 0 aliphatic rings. The topological polar surface area (TPSA) is 57.0 Å². The van der Waals surface area contributed by atoms with Gasteiger partial charge in [0.1, 0.15) is 0 Å². The average Bonchev–Trinajstić information content (AvgIpc) is 2.99. The molecule has 3 aromatic rings. The molecule has 0 bridgehead atoms. The molecule has 2 aromatic heterocycles. The highest BCUT2D eigenvalue weighted by Gasteiger charge is 2.07. The summed E-state index contributed by atoms with van der Waals surface area (Å²) in [6, 6.07) is 10.1. The number of hydrogen-bond donors (Lipinski definition) is 1. The Morgan fingerprint density at radius 3 is 2.94 bits per heavy atom. The Hall–Kier alpha value is -2.07. The smallest absolute Gasteiger partial charge is 0.156 e. The van der Waals surface area contributed by atoms with Crippen LogP contribution in [0.3, 0.4) is 0 Å². The summed E-state index contributed by atoms with van der Waals surface area (Å²) in [5, 5.41) is 4.91. The van der Waals surface area contributed by atoms with Crippen LogP contribution in [-0.2, 0) is 13.1 Å². The number of nitrogens with two attached hydrogens (primary N) is 1. The zero-order valence-corrected chi connectivity index (χ0v) is 9.34. The van der Waals surface area contributed by atoms with E-state index in [1.165, 1.54) is 10.9 Å². The van der Waals surface area contributed by atoms with Gasteiger partial charge in [0.15, 0.2) is 5.76 Å². The highest BCUT2D eigenvalue weighted by Crippen LogP contribution is 2.21. The van der Waals surface area contributed by atoms with Crippen LogP contribution < -0.4 is 5.73 Å². The molecule has 0 radical (unpaired) electrons. The number of fused-ring (bicyclic) bond motifs is 1. The molecule has 2 N–H and O–H groups in total. The lowest BCUT2D eigenvalue weighted by Crippen LogP contribution is -2.02. The summed E-state index contributed by atoms with van der Waals surface area (Å²) in [4.78, 5) is 0. The van der Waals surface area contributed by atoms with Crippen molar-refractivity contribution in [1.82, 2.24) is 9.72 Å². The molecular weight excluding hydrogens is 214 g/mol. The molecule has 0 saturated heterocycles. The molecular formula is C13H13N3O. The molecule has 2 heterocycles. The molecule has 0 saturated carbocycles. The van der Waals surface area contributed by atoms with E-state index in [4.69, 9.17) is 10.3 Å². The molecule has 0 aliphatic heterocycles. The van der Waals surface area contributed by atoms with Crippen LogP contribution in [0.15, 0.2) is 47.2 Å². The average molecular weight is 227 g/mol. The molecule has 0 aliphatic carbocycles. The third-order valence-corrected chi connectivity index (χ3v) is 2.91. The molecule has 4 heteroatoms. The minimum atomic E-state index is 0.539. The van der Waals surface area contributed by atoms with Gasteiger partial charge in [-0.1, -0.05) is 23.4 Å². The quantitative estimate of drug-likeness (QED) is 0.745. The van der Waals surface area contributed by atoms with Crippen molar-refractivity contribution >= 4 is 10.9 Å². The Balaban J connectivity index is 2.10. The van der Waals surface area contributed by atoms with E-state index in [0.29, 0.717) is 13.1 Å². The molecule has 0 atom stereocenters. The van der Waals surface area contributed by atoms with Gasteiger partial charge in [-0.25, -0.2) is 0 Å². The monoisotopic (exact) mass is 227 g/mol. The summed E-state index contributed by atoms with van der Waals surface area (Å²) in [6.07, 6.45) is 3.71. The van der Waals surface area contributed by atoms with Gasteiger partial charge >= 0.3 is 0 Å². The first-order chi connectivity index (χ1) is 8.38. The summed E-state index contributed by atoms with van der Waals surface area (Å²) in [6.45, 7) is 1.22. The number of hydrogen-bond acceptors (Lipinski definition) is 3. The number of benzene rings is 1. The third kappa shape index (κ3) is 1.72. The van der Waals surface area contributed by atoms with Gasteiger partial charge in [-0.15, -0.1) is 0 Å². The zero-order valence-electron chi connectivity index (χ0n) is 9.34. The first kappa shape index (κ1) is 10.1. The van der Waals surface area contributed by atoms with Gasteiger partial charge in [0.2, 0.25) is 0 Å². The minimum Gasteiger partial charge on any atom is -0.359 e. The van der Waals surface area contributed by atoms with Crippen LogP contribution in [-0.4, -0.2) is 9.72 Å². The van der Waals surface area contributed by atoms with E-state index in [1.54, 1.807) is 6.20 Å². The van der Waals surface area contributed by atoms with Crippen molar-refractivity contribution < 1.29 is 4.52 Å². The van der Waals surface area contributed by atoms with E-state index in [9.17, 15) is 0 Å². The number of para-hydroxylation sites is 1. The Labute approximate surface area is 98.6 Å². The lowest BCUT2D eigenvalue weighted by Gasteiger charge is -2.06. The molecule has 0 fully saturated rings. The van der Waals surface area contributed by atoms with Gasteiger partial charge in [0.05, 0.1) is 18.3 Å². The fraction of sp³-hybridized carbons (Fsp3) is 0.154. The Morgan fingerprint density at radius 1 is 1.24 bits per heavy atom. The maximum atomic E-state index is 5.77. The van der Waals surface area contributed by atoms with Crippen LogP contribution in [0.5, 0.6) is 0 Å². The molecule has 17 heavy (non-hydrogen) atoms. The van der Waals surface area contributed by atoms with E-state index < -0.39 is 0 Å². The van der Waals surface area contributed by atoms with Gasteiger partial charge < -0.3 is 14.8 Å². The second-order valence-electron chi connectivity index (χ2n) is 3.98. The summed E-state index contributed by atoms with van der Waals surface area (Å²) in [5.41, 5.74) is 8.09. The van der Waals surface area contributed by atoms with Crippen molar-refractivity contribution in [3.05, 3.63) is 54.0 Å². The lowest BCUT2D eigenvalue weighted by molar-refractivity contribution is 0.377. The SMILES string of the molecule is NCc1cccc2ccn(Cc3ccno3)c12. The van der Waals surface area contributed by atoms with Crippen LogP contribution in [0.1, 0.15) is 11.3 Å². The van der Waals surface area contributed by atoms with E-state index in [2.05, 4.69) is 27.9 Å². The number of rotatable bonds is 3. The van der Waals surface area contributed by atoms with E-state index >= 15 is 0 Å². The molecule has 3 rings (SSSR count). The van der Waals surface area contributed by atoms with Crippen molar-refractivity contribution in [3.63, 3.8) is 0 Å². The summed E-state index contributed by atoms with van der Waals surface area (Å²) in [5.74, 6) is 0.842. The van der Waals surface area contributed by atoms with Crippen molar-refractivity contribution in [1.29, 1.82) is 0 Å². The second-order valence-corrected chi connectivity index (χ2v) is 3.98. The van der Waals surface area contributed by atoms with E-state index in [0.717, 1.165) is 11.3 Å². The fourth-order valence-corrected chi connectivity index (χ4v) is 2.13. The lowest BCUT2D eigenvalue weighted by atomic mass is 10.1. The van der Waals surface area contributed by atoms with Gasteiger partial charge in [0, 0.05) is 18.8 Å². The maximum Gasteiger partial charge on any atom is 0.156 e. The van der Waals surface area contributed by atoms with Crippen molar-refractivity contribution in [2.24, 2.45) is 5.73 Å². The van der Waals surface area contributed by atoms with Crippen LogP contribution >= 0.6 is 0 Å². The van der Waals surface area contributed by atoms with Crippen molar-refractivity contribution in [3.8, 4) is 0 Å². The van der Waals surface area contributed by atoms with Gasteiger partial charge in [-0.2, -0.15) is 0 Å². The number of aromatic nitrogens is 2. The maximum absolute atomic E-state index is 5.77. The summed E-state index contributed by atoms with van der Waals surface area (Å²) < 4.78 is 7.26. The Bertz CT molecular complexity index is 625. The van der Waals surface area contributed by atoms with Crippen LogP contribution in [0.4, 0.5) is 0 Å². The fourth-order valence-electron chi connectivity index (χ4n) is 2.13. The van der Waals surface area contributed by atoms with Gasteiger partial charge in [-0.3, -0.25) is 0 Å². The molecule has 4 nitrogen and oxygen atoms in total. The van der Waals surface area contributed by atoms with Crippen LogP contribution in [0.2, 0.25) is 0 Å². The van der Waals surface area contributed by atoms with E-state index in [1.807, 2.05) is 18.3 Å². The van der Waals surface area contributed by atoms with Crippen LogP contribution in [0, 0.1) is 0 Å². The highest BCUT2D eigenvalue weighted by molar-refractivity contribution is 5.83. The normalized spacial score (nSPS) is 11.1. The van der Waals surface area contributed by atoms with E-state index in [-0.39, 0.29) is 0 Å². The van der Waals surface area contributed by atoms with Gasteiger partial charge in [0.25, 0.3) is 0 Å².